The van der Waals surface area contributed by atoms with Crippen molar-refractivity contribution in [1.29, 1.82) is 0 Å². The van der Waals surface area contributed by atoms with Crippen molar-refractivity contribution in [2.45, 2.75) is 6.42 Å². The van der Waals surface area contributed by atoms with E-state index in [0.717, 1.165) is 10.0 Å². The molecule has 0 spiro atoms. The Balaban J connectivity index is 2.30. The first-order valence-electron chi connectivity index (χ1n) is 7.19. The molecule has 0 aliphatic heterocycles. The van der Waals surface area contributed by atoms with Crippen LogP contribution in [0.4, 0.5) is 0 Å². The molecule has 0 bridgehead atoms. The summed E-state index contributed by atoms with van der Waals surface area (Å²) in [5.41, 5.74) is 1.36. The maximum atomic E-state index is 12.6. The number of Topliss-reactive ketones (excluding diaryl/α,β-unsaturated/α-hetero) is 1. The molecular weight excluding hydrogens is 376 g/mol. The third-order valence-corrected chi connectivity index (χ3v) is 4.35. The van der Waals surface area contributed by atoms with Crippen LogP contribution in [0.25, 0.3) is 0 Å². The zero-order valence-electron chi connectivity index (χ0n) is 14.0. The van der Waals surface area contributed by atoms with Crippen molar-refractivity contribution in [3.8, 4) is 23.0 Å². The van der Waals surface area contributed by atoms with Crippen LogP contribution in [-0.2, 0) is 6.42 Å². The number of carbonyl (C=O) groups is 1. The lowest BCUT2D eigenvalue weighted by atomic mass is 10.0. The standard InChI is InChI=1S/C18H19BrO5/c1-21-15-6-5-11(8-16(15)22-2)14(20)7-12-9-17(23-3)18(24-4)10-13(12)19/h5-6,8-10H,7H2,1-4H3. The first-order chi connectivity index (χ1) is 11.5. The number of ether oxygens (including phenoxy) is 4. The molecule has 6 heteroatoms. The van der Waals surface area contributed by atoms with Crippen molar-refractivity contribution in [1.82, 2.24) is 0 Å². The van der Waals surface area contributed by atoms with E-state index in [9.17, 15) is 4.79 Å². The molecule has 0 fully saturated rings. The molecule has 0 aliphatic carbocycles. The highest BCUT2D eigenvalue weighted by molar-refractivity contribution is 9.10. The molecule has 0 saturated heterocycles. The van der Waals surface area contributed by atoms with Crippen molar-refractivity contribution in [3.63, 3.8) is 0 Å². The largest absolute Gasteiger partial charge is 0.493 e. The van der Waals surface area contributed by atoms with Gasteiger partial charge in [-0.2, -0.15) is 0 Å². The Kier molecular flexibility index (Phi) is 6.09. The molecule has 0 aromatic heterocycles. The minimum atomic E-state index is -0.0381. The van der Waals surface area contributed by atoms with Gasteiger partial charge in [-0.05, 0) is 35.9 Å². The lowest BCUT2D eigenvalue weighted by Gasteiger charge is -2.12. The Morgan fingerprint density at radius 2 is 1.38 bits per heavy atom. The highest BCUT2D eigenvalue weighted by Crippen LogP contribution is 2.34. The Hall–Kier alpha value is -2.21. The van der Waals surface area contributed by atoms with Crippen molar-refractivity contribution < 1.29 is 23.7 Å². The number of carbonyl (C=O) groups excluding carboxylic acids is 1. The lowest BCUT2D eigenvalue weighted by molar-refractivity contribution is 0.0992. The predicted octanol–water partition coefficient (Wildman–Crippen LogP) is 3.91. The highest BCUT2D eigenvalue weighted by atomic mass is 79.9. The van der Waals surface area contributed by atoms with E-state index in [1.807, 2.05) is 0 Å². The first kappa shape index (κ1) is 18.1. The quantitative estimate of drug-likeness (QED) is 0.666. The monoisotopic (exact) mass is 394 g/mol. The summed E-state index contributed by atoms with van der Waals surface area (Å²) in [5.74, 6) is 2.25. The lowest BCUT2D eigenvalue weighted by Crippen LogP contribution is -2.05. The Morgan fingerprint density at radius 3 is 1.96 bits per heavy atom. The van der Waals surface area contributed by atoms with Crippen LogP contribution in [0.3, 0.4) is 0 Å². The van der Waals surface area contributed by atoms with E-state index in [-0.39, 0.29) is 12.2 Å². The third kappa shape index (κ3) is 3.82. The second-order valence-electron chi connectivity index (χ2n) is 4.97. The van der Waals surface area contributed by atoms with Gasteiger partial charge in [-0.1, -0.05) is 15.9 Å². The van der Waals surface area contributed by atoms with Gasteiger partial charge in [0.05, 0.1) is 28.4 Å². The van der Waals surface area contributed by atoms with Crippen molar-refractivity contribution in [2.24, 2.45) is 0 Å². The molecule has 0 saturated carbocycles. The molecule has 0 aliphatic rings. The normalized spacial score (nSPS) is 10.2. The van der Waals surface area contributed by atoms with Gasteiger partial charge in [-0.3, -0.25) is 4.79 Å². The average Bonchev–Trinajstić information content (AvgIpc) is 2.62. The predicted molar refractivity (Wildman–Crippen MR) is 94.8 cm³/mol. The van der Waals surface area contributed by atoms with Crippen molar-refractivity contribution >= 4 is 21.7 Å². The first-order valence-corrected chi connectivity index (χ1v) is 7.99. The molecule has 128 valence electrons. The number of ketones is 1. The van der Waals surface area contributed by atoms with E-state index < -0.39 is 0 Å². The molecule has 0 amide bonds. The van der Waals surface area contributed by atoms with Gasteiger partial charge in [0, 0.05) is 16.5 Å². The second-order valence-corrected chi connectivity index (χ2v) is 5.82. The van der Waals surface area contributed by atoms with Gasteiger partial charge in [-0.25, -0.2) is 0 Å². The molecular formula is C18H19BrO5. The summed E-state index contributed by atoms with van der Waals surface area (Å²) in [6, 6.07) is 8.70. The molecule has 2 aromatic carbocycles. The van der Waals surface area contributed by atoms with E-state index >= 15 is 0 Å². The van der Waals surface area contributed by atoms with E-state index in [4.69, 9.17) is 18.9 Å². The van der Waals surface area contributed by atoms with Crippen LogP contribution in [0.5, 0.6) is 23.0 Å². The van der Waals surface area contributed by atoms with Gasteiger partial charge in [0.2, 0.25) is 0 Å². The molecule has 24 heavy (non-hydrogen) atoms. The fourth-order valence-electron chi connectivity index (χ4n) is 2.32. The fraction of sp³-hybridized carbons (Fsp3) is 0.278. The maximum Gasteiger partial charge on any atom is 0.167 e. The van der Waals surface area contributed by atoms with Gasteiger partial charge >= 0.3 is 0 Å². The highest BCUT2D eigenvalue weighted by Gasteiger charge is 2.15. The second kappa shape index (κ2) is 8.06. The van der Waals surface area contributed by atoms with E-state index in [2.05, 4.69) is 15.9 Å². The van der Waals surface area contributed by atoms with Crippen molar-refractivity contribution in [2.75, 3.05) is 28.4 Å². The summed E-state index contributed by atoms with van der Waals surface area (Å²) >= 11 is 3.47. The van der Waals surface area contributed by atoms with Gasteiger partial charge < -0.3 is 18.9 Å². The van der Waals surface area contributed by atoms with E-state index in [1.165, 1.54) is 7.11 Å². The summed E-state index contributed by atoms with van der Waals surface area (Å²) in [7, 11) is 6.22. The zero-order chi connectivity index (χ0) is 17.7. The zero-order valence-corrected chi connectivity index (χ0v) is 15.6. The molecule has 2 rings (SSSR count). The van der Waals surface area contributed by atoms with E-state index in [0.29, 0.717) is 28.6 Å². The number of rotatable bonds is 7. The summed E-state index contributed by atoms with van der Waals surface area (Å²) in [4.78, 5) is 12.6. The number of methoxy groups -OCH3 is 4. The smallest absolute Gasteiger partial charge is 0.167 e. The fourth-order valence-corrected chi connectivity index (χ4v) is 2.78. The molecule has 0 radical (unpaired) electrons. The van der Waals surface area contributed by atoms with Gasteiger partial charge in [0.15, 0.2) is 28.8 Å². The van der Waals surface area contributed by atoms with Gasteiger partial charge in [0.25, 0.3) is 0 Å². The number of hydrogen-bond donors (Lipinski definition) is 0. The van der Waals surface area contributed by atoms with Gasteiger partial charge in [0.1, 0.15) is 0 Å². The summed E-state index contributed by atoms with van der Waals surface area (Å²) in [5, 5.41) is 0. The SMILES string of the molecule is COc1ccc(C(=O)Cc2cc(OC)c(OC)cc2Br)cc1OC. The maximum absolute atomic E-state index is 12.6. The number of halogens is 1. The Bertz CT molecular complexity index is 742. The van der Waals surface area contributed by atoms with Crippen molar-refractivity contribution in [3.05, 3.63) is 45.9 Å². The van der Waals surface area contributed by atoms with E-state index in [1.54, 1.807) is 51.7 Å². The molecule has 0 unspecified atom stereocenters. The summed E-state index contributed by atoms with van der Waals surface area (Å²) < 4.78 is 21.8. The molecule has 2 aromatic rings. The number of hydrogen-bond acceptors (Lipinski definition) is 5. The van der Waals surface area contributed by atoms with Crippen LogP contribution in [0.15, 0.2) is 34.8 Å². The Labute approximate surface area is 149 Å². The van der Waals surface area contributed by atoms with Crippen LogP contribution in [0.1, 0.15) is 15.9 Å². The minimum absolute atomic E-state index is 0.0381. The van der Waals surface area contributed by atoms with Crippen LogP contribution < -0.4 is 18.9 Å². The third-order valence-electron chi connectivity index (χ3n) is 3.61. The molecule has 0 atom stereocenters. The molecule has 5 nitrogen and oxygen atoms in total. The Morgan fingerprint density at radius 1 is 0.833 bits per heavy atom. The number of benzene rings is 2. The topological polar surface area (TPSA) is 54.0 Å². The minimum Gasteiger partial charge on any atom is -0.493 e. The average molecular weight is 395 g/mol. The van der Waals surface area contributed by atoms with Gasteiger partial charge in [-0.15, -0.1) is 0 Å². The molecule has 0 heterocycles. The summed E-state index contributed by atoms with van der Waals surface area (Å²) in [6.07, 6.45) is 0.219. The molecule has 0 N–H and O–H groups in total. The van der Waals surface area contributed by atoms with Crippen LogP contribution in [0, 0.1) is 0 Å². The van der Waals surface area contributed by atoms with Crippen LogP contribution in [0.2, 0.25) is 0 Å². The van der Waals surface area contributed by atoms with Crippen LogP contribution >= 0.6 is 15.9 Å². The summed E-state index contributed by atoms with van der Waals surface area (Å²) in [6.45, 7) is 0. The van der Waals surface area contributed by atoms with Crippen LogP contribution in [-0.4, -0.2) is 34.2 Å².